The Kier molecular flexibility index (Phi) is 6.51. The largest absolute Gasteiger partial charge is 0.425 e. The molecule has 0 N–H and O–H groups in total. The molecule has 1 aromatic carbocycles. The van der Waals surface area contributed by atoms with Crippen molar-refractivity contribution in [1.82, 2.24) is 9.47 Å². The Morgan fingerprint density at radius 2 is 1.64 bits per heavy atom. The number of carbonyl (C=O) groups excluding carboxylic acids is 4. The number of esters is 1. The van der Waals surface area contributed by atoms with Crippen molar-refractivity contribution < 1.29 is 23.9 Å². The van der Waals surface area contributed by atoms with Gasteiger partial charge in [0.1, 0.15) is 0 Å². The topological polar surface area (TPSA) is 85.7 Å². The average Bonchev–Trinajstić information content (AvgIpc) is 2.93. The van der Waals surface area contributed by atoms with Crippen LogP contribution >= 0.6 is 0 Å². The molecule has 28 heavy (non-hydrogen) atoms. The van der Waals surface area contributed by atoms with Crippen LogP contribution in [0.2, 0.25) is 0 Å². The Hall–Kier alpha value is -3.22. The lowest BCUT2D eigenvalue weighted by atomic mass is 10.1. The molecule has 7 nitrogen and oxygen atoms in total. The second-order valence-electron chi connectivity index (χ2n) is 6.38. The molecule has 0 spiro atoms. The van der Waals surface area contributed by atoms with E-state index in [4.69, 9.17) is 4.74 Å². The molecule has 0 saturated carbocycles. The SMILES string of the molecule is C/C=C(\OC(C)=O)c1c(CCN(C(C)=O)C(C)=O)c2ccccc2n1C(C)=O. The van der Waals surface area contributed by atoms with Crippen LogP contribution < -0.4 is 0 Å². The van der Waals surface area contributed by atoms with Crippen molar-refractivity contribution in [3.8, 4) is 0 Å². The summed E-state index contributed by atoms with van der Waals surface area (Å²) in [4.78, 5) is 48.7. The zero-order valence-corrected chi connectivity index (χ0v) is 16.7. The molecule has 2 rings (SSSR count). The molecule has 0 aliphatic heterocycles. The fraction of sp³-hybridized carbons (Fsp3) is 0.333. The minimum atomic E-state index is -0.506. The Balaban J connectivity index is 2.70. The minimum Gasteiger partial charge on any atom is -0.425 e. The van der Waals surface area contributed by atoms with Gasteiger partial charge in [-0.15, -0.1) is 0 Å². The van der Waals surface area contributed by atoms with E-state index in [0.717, 1.165) is 15.8 Å². The summed E-state index contributed by atoms with van der Waals surface area (Å²) in [5, 5.41) is 0.797. The van der Waals surface area contributed by atoms with Crippen LogP contribution in [0.25, 0.3) is 16.7 Å². The molecule has 0 unspecified atom stereocenters. The van der Waals surface area contributed by atoms with E-state index in [1.54, 1.807) is 19.1 Å². The quantitative estimate of drug-likeness (QED) is 0.584. The molecule has 0 aliphatic carbocycles. The normalized spacial score (nSPS) is 11.4. The molecular formula is C21H24N2O5. The third-order valence-corrected chi connectivity index (χ3v) is 4.39. The Bertz CT molecular complexity index is 970. The number of para-hydroxylation sites is 1. The molecule has 2 amide bonds. The van der Waals surface area contributed by atoms with Gasteiger partial charge in [0.25, 0.3) is 0 Å². The number of aromatic nitrogens is 1. The van der Waals surface area contributed by atoms with Crippen molar-refractivity contribution in [3.63, 3.8) is 0 Å². The second-order valence-corrected chi connectivity index (χ2v) is 6.38. The summed E-state index contributed by atoms with van der Waals surface area (Å²) in [6, 6.07) is 7.32. The molecule has 1 aromatic heterocycles. The van der Waals surface area contributed by atoms with Crippen LogP contribution in [0.3, 0.4) is 0 Å². The van der Waals surface area contributed by atoms with Gasteiger partial charge >= 0.3 is 5.97 Å². The van der Waals surface area contributed by atoms with Gasteiger partial charge in [0.2, 0.25) is 17.7 Å². The highest BCUT2D eigenvalue weighted by molar-refractivity contribution is 5.99. The van der Waals surface area contributed by atoms with E-state index in [-0.39, 0.29) is 30.0 Å². The smallest absolute Gasteiger partial charge is 0.308 e. The summed E-state index contributed by atoms with van der Waals surface area (Å²) < 4.78 is 6.84. The number of carbonyl (C=O) groups is 4. The van der Waals surface area contributed by atoms with Gasteiger partial charge in [0, 0.05) is 39.6 Å². The fourth-order valence-electron chi connectivity index (χ4n) is 3.30. The van der Waals surface area contributed by atoms with Gasteiger partial charge in [-0.25, -0.2) is 0 Å². The minimum absolute atomic E-state index is 0.153. The summed E-state index contributed by atoms with van der Waals surface area (Å²) in [7, 11) is 0. The van der Waals surface area contributed by atoms with E-state index in [0.29, 0.717) is 17.6 Å². The van der Waals surface area contributed by atoms with Gasteiger partial charge in [-0.2, -0.15) is 0 Å². The molecule has 1 heterocycles. The molecule has 0 saturated heterocycles. The fourth-order valence-corrected chi connectivity index (χ4v) is 3.30. The van der Waals surface area contributed by atoms with Gasteiger partial charge in [-0.05, 0) is 31.1 Å². The maximum Gasteiger partial charge on any atom is 0.308 e. The molecule has 0 fully saturated rings. The van der Waals surface area contributed by atoms with E-state index in [1.807, 2.05) is 18.2 Å². The van der Waals surface area contributed by atoms with Gasteiger partial charge < -0.3 is 4.74 Å². The van der Waals surface area contributed by atoms with Crippen molar-refractivity contribution in [2.45, 2.75) is 41.0 Å². The Labute approximate surface area is 163 Å². The zero-order chi connectivity index (χ0) is 21.0. The lowest BCUT2D eigenvalue weighted by molar-refractivity contribution is -0.142. The third kappa shape index (κ3) is 4.19. The average molecular weight is 384 g/mol. The van der Waals surface area contributed by atoms with E-state index >= 15 is 0 Å². The van der Waals surface area contributed by atoms with Crippen molar-refractivity contribution in [2.75, 3.05) is 6.54 Å². The predicted molar refractivity (Wildman–Crippen MR) is 105 cm³/mol. The highest BCUT2D eigenvalue weighted by Crippen LogP contribution is 2.32. The van der Waals surface area contributed by atoms with Crippen LogP contribution in [-0.4, -0.2) is 39.7 Å². The van der Waals surface area contributed by atoms with Crippen LogP contribution in [0.15, 0.2) is 30.3 Å². The third-order valence-electron chi connectivity index (χ3n) is 4.39. The predicted octanol–water partition coefficient (Wildman–Crippen LogP) is 3.16. The molecule has 7 heteroatoms. The van der Waals surface area contributed by atoms with Crippen LogP contribution in [0, 0.1) is 0 Å². The number of hydrogen-bond acceptors (Lipinski definition) is 5. The first-order valence-corrected chi connectivity index (χ1v) is 8.96. The van der Waals surface area contributed by atoms with E-state index < -0.39 is 5.97 Å². The van der Waals surface area contributed by atoms with E-state index in [2.05, 4.69) is 0 Å². The number of amides is 2. The zero-order valence-electron chi connectivity index (χ0n) is 16.7. The highest BCUT2D eigenvalue weighted by atomic mass is 16.5. The van der Waals surface area contributed by atoms with E-state index in [9.17, 15) is 19.2 Å². The van der Waals surface area contributed by atoms with Crippen LogP contribution in [0.4, 0.5) is 0 Å². The number of imide groups is 1. The first-order chi connectivity index (χ1) is 13.2. The maximum atomic E-state index is 12.4. The molecule has 148 valence electrons. The van der Waals surface area contributed by atoms with Crippen molar-refractivity contribution in [3.05, 3.63) is 41.6 Å². The number of nitrogens with zero attached hydrogens (tertiary/aromatic N) is 2. The molecule has 0 radical (unpaired) electrons. The van der Waals surface area contributed by atoms with Gasteiger partial charge in [-0.3, -0.25) is 28.6 Å². The summed E-state index contributed by atoms with van der Waals surface area (Å²) in [5.41, 5.74) is 1.86. The van der Waals surface area contributed by atoms with E-state index in [1.165, 1.54) is 32.3 Å². The van der Waals surface area contributed by atoms with Gasteiger partial charge in [0.05, 0.1) is 11.2 Å². The van der Waals surface area contributed by atoms with Crippen molar-refractivity contribution in [2.24, 2.45) is 0 Å². The summed E-state index contributed by atoms with van der Waals surface area (Å²) >= 11 is 0. The van der Waals surface area contributed by atoms with Crippen LogP contribution in [0.1, 0.15) is 50.7 Å². The number of hydrogen-bond donors (Lipinski definition) is 0. The molecule has 0 bridgehead atoms. The number of benzene rings is 1. The first-order valence-electron chi connectivity index (χ1n) is 8.96. The Morgan fingerprint density at radius 3 is 2.14 bits per heavy atom. The molecule has 0 atom stereocenters. The standard InChI is InChI=1S/C21H24N2O5/c1-6-20(28-16(5)27)21-18(11-12-22(13(2)24)14(3)25)17-9-7-8-10-19(17)23(21)15(4)26/h6-10H,11-12H2,1-5H3/b20-6-. The summed E-state index contributed by atoms with van der Waals surface area (Å²) in [6.07, 6.45) is 1.93. The van der Waals surface area contributed by atoms with Crippen molar-refractivity contribution >= 4 is 40.4 Å². The lowest BCUT2D eigenvalue weighted by Crippen LogP contribution is -2.35. The summed E-state index contributed by atoms with van der Waals surface area (Å²) in [6.45, 7) is 7.24. The highest BCUT2D eigenvalue weighted by Gasteiger charge is 2.25. The number of ether oxygens (including phenoxy) is 1. The number of allylic oxidation sites excluding steroid dienone is 1. The first kappa shape index (κ1) is 21.1. The maximum absolute atomic E-state index is 12.4. The van der Waals surface area contributed by atoms with Gasteiger partial charge in [0.15, 0.2) is 5.76 Å². The monoisotopic (exact) mass is 384 g/mol. The molecular weight excluding hydrogens is 360 g/mol. The van der Waals surface area contributed by atoms with Crippen LogP contribution in [0.5, 0.6) is 0 Å². The summed E-state index contributed by atoms with van der Waals surface area (Å²) in [5.74, 6) is -1.19. The second kappa shape index (κ2) is 8.65. The lowest BCUT2D eigenvalue weighted by Gasteiger charge is -2.18. The van der Waals surface area contributed by atoms with Gasteiger partial charge in [-0.1, -0.05) is 18.2 Å². The number of fused-ring (bicyclic) bond motifs is 1. The molecule has 0 aliphatic rings. The molecule has 2 aromatic rings. The number of rotatable bonds is 5. The van der Waals surface area contributed by atoms with Crippen molar-refractivity contribution in [1.29, 1.82) is 0 Å². The Morgan fingerprint density at radius 1 is 1.04 bits per heavy atom. The van der Waals surface area contributed by atoms with Crippen LogP contribution in [-0.2, 0) is 25.5 Å².